The number of Topliss-reactive ketones (excluding diaryl/α,β-unsaturated/α-hetero) is 1. The van der Waals surface area contributed by atoms with Crippen LogP contribution in [0.25, 0.3) is 0 Å². The first-order valence-corrected chi connectivity index (χ1v) is 6.39. The molecule has 0 amide bonds. The highest BCUT2D eigenvalue weighted by molar-refractivity contribution is 9.10. The fourth-order valence-electron chi connectivity index (χ4n) is 1.27. The molecule has 0 aliphatic carbocycles. The van der Waals surface area contributed by atoms with Crippen LogP contribution in [0.1, 0.15) is 17.3 Å². The molecule has 0 atom stereocenters. The smallest absolute Gasteiger partial charge is 0.213 e. The first kappa shape index (κ1) is 12.3. The molecule has 0 N–H and O–H groups in total. The van der Waals surface area contributed by atoms with Gasteiger partial charge in [0.15, 0.2) is 5.78 Å². The minimum atomic E-state index is 0.0175. The van der Waals surface area contributed by atoms with Gasteiger partial charge in [-0.15, -0.1) is 5.10 Å². The molecular weight excluding hydrogens is 304 g/mol. The van der Waals surface area contributed by atoms with Crippen LogP contribution in [0.15, 0.2) is 32.7 Å². The van der Waals surface area contributed by atoms with Crippen molar-refractivity contribution in [2.24, 2.45) is 7.05 Å². The Kier molecular flexibility index (Phi) is 3.58. The van der Waals surface area contributed by atoms with E-state index in [4.69, 9.17) is 0 Å². The SMILES string of the molecule is CC(=O)c1cc(Br)ccc1Sc1nnnn1C. The molecular formula is C10H9BrN4OS. The third-order valence-electron chi connectivity index (χ3n) is 2.10. The van der Waals surface area contributed by atoms with Crippen LogP contribution < -0.4 is 0 Å². The molecule has 0 aliphatic heterocycles. The van der Waals surface area contributed by atoms with Gasteiger partial charge >= 0.3 is 0 Å². The number of ketones is 1. The number of halogens is 1. The summed E-state index contributed by atoms with van der Waals surface area (Å²) in [6, 6.07) is 5.56. The molecule has 88 valence electrons. The summed E-state index contributed by atoms with van der Waals surface area (Å²) in [6.07, 6.45) is 0. The maximum atomic E-state index is 11.5. The van der Waals surface area contributed by atoms with Crippen LogP contribution in [0, 0.1) is 0 Å². The van der Waals surface area contributed by atoms with E-state index >= 15 is 0 Å². The highest BCUT2D eigenvalue weighted by atomic mass is 79.9. The number of rotatable bonds is 3. The Morgan fingerprint density at radius 3 is 2.82 bits per heavy atom. The van der Waals surface area contributed by atoms with E-state index in [0.717, 1.165) is 9.37 Å². The predicted molar refractivity (Wildman–Crippen MR) is 67.1 cm³/mol. The maximum Gasteiger partial charge on any atom is 0.213 e. The molecule has 0 aliphatic rings. The first-order chi connectivity index (χ1) is 8.08. The van der Waals surface area contributed by atoms with Crippen molar-refractivity contribution in [2.75, 3.05) is 0 Å². The zero-order valence-corrected chi connectivity index (χ0v) is 11.6. The molecule has 7 heteroatoms. The van der Waals surface area contributed by atoms with Crippen molar-refractivity contribution in [2.45, 2.75) is 17.0 Å². The van der Waals surface area contributed by atoms with Gasteiger partial charge in [-0.05, 0) is 47.3 Å². The van der Waals surface area contributed by atoms with Crippen molar-refractivity contribution < 1.29 is 4.79 Å². The topological polar surface area (TPSA) is 60.7 Å². The number of nitrogens with zero attached hydrogens (tertiary/aromatic N) is 4. The Morgan fingerprint density at radius 2 is 2.24 bits per heavy atom. The summed E-state index contributed by atoms with van der Waals surface area (Å²) in [4.78, 5) is 12.4. The molecule has 0 fully saturated rings. The van der Waals surface area contributed by atoms with Gasteiger partial charge in [-0.3, -0.25) is 4.79 Å². The molecule has 17 heavy (non-hydrogen) atoms. The summed E-state index contributed by atoms with van der Waals surface area (Å²) in [5, 5.41) is 11.8. The Morgan fingerprint density at radius 1 is 1.47 bits per heavy atom. The molecule has 0 bridgehead atoms. The molecule has 1 aromatic heterocycles. The second-order valence-electron chi connectivity index (χ2n) is 3.38. The van der Waals surface area contributed by atoms with Gasteiger partial charge in [0.1, 0.15) is 0 Å². The van der Waals surface area contributed by atoms with Crippen LogP contribution in [0.3, 0.4) is 0 Å². The van der Waals surface area contributed by atoms with Crippen molar-refractivity contribution in [1.29, 1.82) is 0 Å². The molecule has 5 nitrogen and oxygen atoms in total. The van der Waals surface area contributed by atoms with Crippen LogP contribution in [0.5, 0.6) is 0 Å². The van der Waals surface area contributed by atoms with Crippen molar-refractivity contribution in [3.63, 3.8) is 0 Å². The Bertz CT molecular complexity index is 569. The van der Waals surface area contributed by atoms with E-state index in [9.17, 15) is 4.79 Å². The molecule has 0 saturated carbocycles. The molecule has 0 spiro atoms. The summed E-state index contributed by atoms with van der Waals surface area (Å²) in [7, 11) is 1.76. The Hall–Kier alpha value is -1.21. The average molecular weight is 313 g/mol. The third-order valence-corrected chi connectivity index (χ3v) is 3.70. The van der Waals surface area contributed by atoms with E-state index in [2.05, 4.69) is 31.5 Å². The van der Waals surface area contributed by atoms with E-state index in [-0.39, 0.29) is 5.78 Å². The number of aryl methyl sites for hydroxylation is 1. The molecule has 0 radical (unpaired) electrons. The Labute approximate surface area is 111 Å². The summed E-state index contributed by atoms with van der Waals surface area (Å²) in [5.41, 5.74) is 0.660. The number of tetrazole rings is 1. The quantitative estimate of drug-likeness (QED) is 0.814. The van der Waals surface area contributed by atoms with E-state index in [0.29, 0.717) is 10.7 Å². The number of hydrogen-bond acceptors (Lipinski definition) is 5. The Balaban J connectivity index is 2.39. The van der Waals surface area contributed by atoms with Gasteiger partial charge in [-0.2, -0.15) is 0 Å². The second kappa shape index (κ2) is 4.97. The molecule has 0 unspecified atom stereocenters. The summed E-state index contributed by atoms with van der Waals surface area (Å²) in [6.45, 7) is 1.54. The fraction of sp³-hybridized carbons (Fsp3) is 0.200. The molecule has 2 rings (SSSR count). The highest BCUT2D eigenvalue weighted by Crippen LogP contribution is 2.30. The van der Waals surface area contributed by atoms with Crippen LogP contribution in [-0.4, -0.2) is 26.0 Å². The lowest BCUT2D eigenvalue weighted by Crippen LogP contribution is -1.97. The van der Waals surface area contributed by atoms with Gasteiger partial charge in [0.2, 0.25) is 5.16 Å². The van der Waals surface area contributed by atoms with E-state index in [1.807, 2.05) is 12.1 Å². The molecule has 0 saturated heterocycles. The van der Waals surface area contributed by atoms with E-state index < -0.39 is 0 Å². The number of hydrogen-bond donors (Lipinski definition) is 0. The lowest BCUT2D eigenvalue weighted by molar-refractivity contribution is 0.101. The highest BCUT2D eigenvalue weighted by Gasteiger charge is 2.12. The maximum absolute atomic E-state index is 11.5. The number of benzene rings is 1. The second-order valence-corrected chi connectivity index (χ2v) is 5.31. The van der Waals surface area contributed by atoms with Gasteiger partial charge in [-0.1, -0.05) is 15.9 Å². The van der Waals surface area contributed by atoms with Crippen molar-refractivity contribution in [3.8, 4) is 0 Å². The zero-order valence-electron chi connectivity index (χ0n) is 9.22. The lowest BCUT2D eigenvalue weighted by atomic mass is 10.1. The monoisotopic (exact) mass is 312 g/mol. The van der Waals surface area contributed by atoms with E-state index in [1.165, 1.54) is 11.8 Å². The van der Waals surface area contributed by atoms with Gasteiger partial charge in [0, 0.05) is 22.0 Å². The number of carbonyl (C=O) groups is 1. The van der Waals surface area contributed by atoms with Crippen LogP contribution in [0.4, 0.5) is 0 Å². The van der Waals surface area contributed by atoms with E-state index in [1.54, 1.807) is 24.7 Å². The van der Waals surface area contributed by atoms with Gasteiger partial charge in [0.25, 0.3) is 0 Å². The van der Waals surface area contributed by atoms with Gasteiger partial charge in [-0.25, -0.2) is 4.68 Å². The molecule has 1 aromatic carbocycles. The van der Waals surface area contributed by atoms with Crippen molar-refractivity contribution in [3.05, 3.63) is 28.2 Å². The van der Waals surface area contributed by atoms with Crippen molar-refractivity contribution in [1.82, 2.24) is 20.2 Å². The summed E-state index contributed by atoms with van der Waals surface area (Å²) < 4.78 is 2.44. The van der Waals surface area contributed by atoms with Gasteiger partial charge in [0.05, 0.1) is 0 Å². The third kappa shape index (κ3) is 2.73. The summed E-state index contributed by atoms with van der Waals surface area (Å²) >= 11 is 4.72. The lowest BCUT2D eigenvalue weighted by Gasteiger charge is -2.05. The van der Waals surface area contributed by atoms with Crippen molar-refractivity contribution >= 4 is 33.5 Å². The first-order valence-electron chi connectivity index (χ1n) is 4.78. The predicted octanol–water partition coefficient (Wildman–Crippen LogP) is 2.33. The van der Waals surface area contributed by atoms with Crippen LogP contribution in [0.2, 0.25) is 0 Å². The molecule has 2 aromatic rings. The standard InChI is InChI=1S/C10H9BrN4OS/c1-6(16)8-5-7(11)3-4-9(8)17-10-12-13-14-15(10)2/h3-5H,1-2H3. The zero-order chi connectivity index (χ0) is 12.4. The fourth-order valence-corrected chi connectivity index (χ4v) is 2.52. The number of carbonyl (C=O) groups excluding carboxylic acids is 1. The van der Waals surface area contributed by atoms with Crippen LogP contribution >= 0.6 is 27.7 Å². The summed E-state index contributed by atoms with van der Waals surface area (Å²) in [5.74, 6) is 0.0175. The average Bonchev–Trinajstić information content (AvgIpc) is 2.67. The minimum absolute atomic E-state index is 0.0175. The molecule has 1 heterocycles. The normalized spacial score (nSPS) is 10.5. The minimum Gasteiger partial charge on any atom is -0.294 e. The van der Waals surface area contributed by atoms with Crippen LogP contribution in [-0.2, 0) is 7.05 Å². The number of aromatic nitrogens is 4. The largest absolute Gasteiger partial charge is 0.294 e. The van der Waals surface area contributed by atoms with Gasteiger partial charge < -0.3 is 0 Å².